The SMILES string of the molecule is CC(C)(C)NC(=O)C(Cc1ccccc1)N(Cc1ccc(Cl)c(Cl)c1)C(=O)CCSCc1ccccc1. The second-order valence-electron chi connectivity index (χ2n) is 10.0. The molecule has 0 aliphatic heterocycles. The van der Waals surface area contributed by atoms with Crippen molar-refractivity contribution in [2.75, 3.05) is 5.75 Å². The van der Waals surface area contributed by atoms with Crippen molar-refractivity contribution in [1.82, 2.24) is 10.2 Å². The molecule has 0 heterocycles. The first-order chi connectivity index (χ1) is 17.6. The molecule has 1 atom stereocenters. The second kappa shape index (κ2) is 13.9. The Hall–Kier alpha value is -2.47. The molecule has 0 aromatic heterocycles. The highest BCUT2D eigenvalue weighted by Gasteiger charge is 2.32. The highest BCUT2D eigenvalue weighted by atomic mass is 35.5. The van der Waals surface area contributed by atoms with E-state index in [1.165, 1.54) is 5.56 Å². The fourth-order valence-corrected chi connectivity index (χ4v) is 5.12. The average Bonchev–Trinajstić information content (AvgIpc) is 2.86. The van der Waals surface area contributed by atoms with E-state index in [9.17, 15) is 9.59 Å². The van der Waals surface area contributed by atoms with Crippen LogP contribution in [0.25, 0.3) is 0 Å². The molecule has 37 heavy (non-hydrogen) atoms. The molecule has 0 fully saturated rings. The molecule has 0 saturated carbocycles. The zero-order chi connectivity index (χ0) is 26.8. The highest BCUT2D eigenvalue weighted by molar-refractivity contribution is 7.98. The van der Waals surface area contributed by atoms with Crippen molar-refractivity contribution < 1.29 is 9.59 Å². The van der Waals surface area contributed by atoms with Gasteiger partial charge >= 0.3 is 0 Å². The van der Waals surface area contributed by atoms with Crippen molar-refractivity contribution in [3.05, 3.63) is 106 Å². The van der Waals surface area contributed by atoms with Gasteiger partial charge in [0.2, 0.25) is 11.8 Å². The molecule has 0 aliphatic rings. The van der Waals surface area contributed by atoms with Gasteiger partial charge in [-0.25, -0.2) is 0 Å². The maximum atomic E-state index is 13.7. The molecular weight excluding hydrogens is 523 g/mol. The highest BCUT2D eigenvalue weighted by Crippen LogP contribution is 2.25. The third-order valence-corrected chi connectivity index (χ3v) is 7.45. The van der Waals surface area contributed by atoms with Crippen LogP contribution < -0.4 is 5.32 Å². The van der Waals surface area contributed by atoms with E-state index in [0.29, 0.717) is 28.6 Å². The van der Waals surface area contributed by atoms with Crippen LogP contribution in [0.1, 0.15) is 43.9 Å². The van der Waals surface area contributed by atoms with Crippen LogP contribution in [0, 0.1) is 0 Å². The van der Waals surface area contributed by atoms with Gasteiger partial charge in [0.15, 0.2) is 0 Å². The summed E-state index contributed by atoms with van der Waals surface area (Å²) in [6, 6.07) is 24.6. The molecular formula is C30H34Cl2N2O2S. The predicted molar refractivity (Wildman–Crippen MR) is 156 cm³/mol. The number of hydrogen-bond acceptors (Lipinski definition) is 3. The Bertz CT molecular complexity index is 1170. The summed E-state index contributed by atoms with van der Waals surface area (Å²) in [7, 11) is 0. The normalized spacial score (nSPS) is 12.1. The number of hydrogen-bond donors (Lipinski definition) is 1. The Labute approximate surface area is 234 Å². The lowest BCUT2D eigenvalue weighted by atomic mass is 10.0. The number of benzene rings is 3. The number of thioether (sulfide) groups is 1. The maximum Gasteiger partial charge on any atom is 0.243 e. The van der Waals surface area contributed by atoms with Crippen LogP contribution >= 0.6 is 35.0 Å². The molecule has 3 aromatic carbocycles. The van der Waals surface area contributed by atoms with E-state index < -0.39 is 11.6 Å². The standard InChI is InChI=1S/C30H34Cl2N2O2S/c1-30(2,3)33-29(36)27(19-22-10-6-4-7-11-22)34(20-24-14-15-25(31)26(32)18-24)28(35)16-17-37-21-23-12-8-5-9-13-23/h4-15,18,27H,16-17,19-21H2,1-3H3,(H,33,36). The molecule has 0 bridgehead atoms. The van der Waals surface area contributed by atoms with Crippen molar-refractivity contribution in [2.24, 2.45) is 0 Å². The largest absolute Gasteiger partial charge is 0.350 e. The van der Waals surface area contributed by atoms with Gasteiger partial charge in [0.25, 0.3) is 0 Å². The van der Waals surface area contributed by atoms with Crippen molar-refractivity contribution >= 4 is 46.8 Å². The fourth-order valence-electron chi connectivity index (χ4n) is 3.91. The summed E-state index contributed by atoms with van der Waals surface area (Å²) >= 11 is 14.1. The first kappa shape index (κ1) is 29.1. The quantitative estimate of drug-likeness (QED) is 0.254. The van der Waals surface area contributed by atoms with Gasteiger partial charge in [0.1, 0.15) is 6.04 Å². The number of carbonyl (C=O) groups is 2. The van der Waals surface area contributed by atoms with Gasteiger partial charge in [-0.1, -0.05) is 89.9 Å². The Morgan fingerprint density at radius 2 is 1.49 bits per heavy atom. The summed E-state index contributed by atoms with van der Waals surface area (Å²) in [5, 5.41) is 3.96. The summed E-state index contributed by atoms with van der Waals surface area (Å²) < 4.78 is 0. The third-order valence-electron chi connectivity index (χ3n) is 5.68. The van der Waals surface area contributed by atoms with E-state index in [1.807, 2.05) is 75.4 Å². The van der Waals surface area contributed by atoms with Crippen molar-refractivity contribution in [3.63, 3.8) is 0 Å². The van der Waals surface area contributed by atoms with E-state index in [4.69, 9.17) is 23.2 Å². The summed E-state index contributed by atoms with van der Waals surface area (Å²) in [6.45, 7) is 6.08. The van der Waals surface area contributed by atoms with E-state index >= 15 is 0 Å². The van der Waals surface area contributed by atoms with Crippen LogP contribution in [0.15, 0.2) is 78.9 Å². The first-order valence-electron chi connectivity index (χ1n) is 12.3. The number of carbonyl (C=O) groups excluding carboxylic acids is 2. The Balaban J connectivity index is 1.84. The van der Waals surface area contributed by atoms with Gasteiger partial charge in [0, 0.05) is 36.4 Å². The minimum Gasteiger partial charge on any atom is -0.350 e. The second-order valence-corrected chi connectivity index (χ2v) is 11.9. The average molecular weight is 558 g/mol. The molecule has 0 aliphatic carbocycles. The predicted octanol–water partition coefficient (Wildman–Crippen LogP) is 7.17. The van der Waals surface area contributed by atoms with Crippen molar-refractivity contribution in [1.29, 1.82) is 0 Å². The number of rotatable bonds is 11. The Morgan fingerprint density at radius 3 is 2.08 bits per heavy atom. The van der Waals surface area contributed by atoms with Crippen LogP contribution in [0.2, 0.25) is 10.0 Å². The molecule has 4 nitrogen and oxygen atoms in total. The van der Waals surface area contributed by atoms with Crippen LogP contribution in [-0.2, 0) is 28.3 Å². The fraction of sp³-hybridized carbons (Fsp3) is 0.333. The smallest absolute Gasteiger partial charge is 0.243 e. The molecule has 1 N–H and O–H groups in total. The van der Waals surface area contributed by atoms with E-state index in [-0.39, 0.29) is 18.4 Å². The van der Waals surface area contributed by atoms with Gasteiger partial charge in [-0.15, -0.1) is 0 Å². The number of nitrogens with one attached hydrogen (secondary N) is 1. The molecule has 2 amide bonds. The molecule has 0 saturated heterocycles. The minimum absolute atomic E-state index is 0.0726. The molecule has 3 rings (SSSR count). The van der Waals surface area contributed by atoms with E-state index in [1.54, 1.807) is 28.8 Å². The van der Waals surface area contributed by atoms with Gasteiger partial charge in [-0.2, -0.15) is 11.8 Å². The summed E-state index contributed by atoms with van der Waals surface area (Å²) in [6.07, 6.45) is 0.736. The minimum atomic E-state index is -0.678. The third kappa shape index (κ3) is 9.73. The Kier molecular flexibility index (Phi) is 10.9. The van der Waals surface area contributed by atoms with Crippen LogP contribution in [-0.4, -0.2) is 34.0 Å². The zero-order valence-corrected chi connectivity index (χ0v) is 23.9. The lowest BCUT2D eigenvalue weighted by Gasteiger charge is -2.34. The van der Waals surface area contributed by atoms with Crippen LogP contribution in [0.5, 0.6) is 0 Å². The summed E-state index contributed by atoms with van der Waals surface area (Å²) in [5.41, 5.74) is 2.60. The zero-order valence-electron chi connectivity index (χ0n) is 21.5. The molecule has 7 heteroatoms. The number of amides is 2. The monoisotopic (exact) mass is 556 g/mol. The molecule has 0 spiro atoms. The van der Waals surface area contributed by atoms with Gasteiger partial charge in [-0.3, -0.25) is 9.59 Å². The van der Waals surface area contributed by atoms with Crippen molar-refractivity contribution in [2.45, 2.75) is 57.5 Å². The van der Waals surface area contributed by atoms with E-state index in [0.717, 1.165) is 16.9 Å². The molecule has 0 radical (unpaired) electrons. The lowest BCUT2D eigenvalue weighted by Crippen LogP contribution is -2.54. The number of halogens is 2. The topological polar surface area (TPSA) is 49.4 Å². The summed E-state index contributed by atoms with van der Waals surface area (Å²) in [5.74, 6) is 1.24. The number of nitrogens with zero attached hydrogens (tertiary/aromatic N) is 1. The van der Waals surface area contributed by atoms with E-state index in [2.05, 4.69) is 17.4 Å². The Morgan fingerprint density at radius 1 is 0.865 bits per heavy atom. The van der Waals surface area contributed by atoms with Gasteiger partial charge in [-0.05, 0) is 49.6 Å². The molecule has 196 valence electrons. The maximum absolute atomic E-state index is 13.7. The lowest BCUT2D eigenvalue weighted by molar-refractivity contribution is -0.141. The van der Waals surface area contributed by atoms with Gasteiger partial charge in [0.05, 0.1) is 10.0 Å². The molecule has 1 unspecified atom stereocenters. The van der Waals surface area contributed by atoms with Crippen LogP contribution in [0.3, 0.4) is 0 Å². The van der Waals surface area contributed by atoms with Crippen molar-refractivity contribution in [3.8, 4) is 0 Å². The summed E-state index contributed by atoms with van der Waals surface area (Å²) in [4.78, 5) is 29.0. The molecule has 3 aromatic rings. The van der Waals surface area contributed by atoms with Gasteiger partial charge < -0.3 is 10.2 Å². The first-order valence-corrected chi connectivity index (χ1v) is 14.2. The van der Waals surface area contributed by atoms with Crippen LogP contribution in [0.4, 0.5) is 0 Å².